The predicted octanol–water partition coefficient (Wildman–Crippen LogP) is 4.40. The van der Waals surface area contributed by atoms with Gasteiger partial charge in [-0.1, -0.05) is 0 Å². The topological polar surface area (TPSA) is 110 Å². The molecule has 2 heterocycles. The minimum Gasteiger partial charge on any atom is -0.481 e. The van der Waals surface area contributed by atoms with E-state index >= 15 is 0 Å². The van der Waals surface area contributed by atoms with Crippen molar-refractivity contribution in [2.24, 2.45) is 11.8 Å². The second kappa shape index (κ2) is 8.81. The average molecular weight is 440 g/mol. The number of benzene rings is 1. The van der Waals surface area contributed by atoms with Gasteiger partial charge in [0.2, 0.25) is 5.91 Å². The van der Waals surface area contributed by atoms with E-state index in [1.807, 2.05) is 26.8 Å². The van der Waals surface area contributed by atoms with Crippen LogP contribution >= 0.6 is 0 Å². The zero-order valence-electron chi connectivity index (χ0n) is 18.7. The molecule has 170 valence electrons. The fraction of sp³-hybridized carbons (Fsp3) is 0.480. The number of aryl methyl sites for hydroxylation is 3. The molecule has 1 aliphatic carbocycles. The van der Waals surface area contributed by atoms with Crippen molar-refractivity contribution in [2.45, 2.75) is 59.3 Å². The first kappa shape index (κ1) is 22.1. The zero-order chi connectivity index (χ0) is 23.0. The Hall–Kier alpha value is -3.09. The molecular weight excluding hydrogens is 410 g/mol. The van der Waals surface area contributed by atoms with Crippen LogP contribution in [0.5, 0.6) is 0 Å². The number of furan rings is 1. The third-order valence-electron chi connectivity index (χ3n) is 6.92. The van der Waals surface area contributed by atoms with E-state index < -0.39 is 11.6 Å². The highest BCUT2D eigenvalue weighted by Crippen LogP contribution is 2.33. The first-order valence-electron chi connectivity index (χ1n) is 11.2. The lowest BCUT2D eigenvalue weighted by atomic mass is 9.82. The molecule has 2 aromatic heterocycles. The molecule has 0 radical (unpaired) electrons. The summed E-state index contributed by atoms with van der Waals surface area (Å²) in [6.45, 7) is 6.31. The summed E-state index contributed by atoms with van der Waals surface area (Å²) in [5.41, 5.74) is 4.01. The van der Waals surface area contributed by atoms with E-state index in [1.165, 1.54) is 0 Å². The number of aliphatic carboxylic acids is 1. The molecule has 1 fully saturated rings. The quantitative estimate of drug-likeness (QED) is 0.551. The van der Waals surface area contributed by atoms with Crippen LogP contribution in [0.25, 0.3) is 21.9 Å². The van der Waals surface area contributed by atoms with Crippen LogP contribution in [-0.2, 0) is 16.0 Å². The Bertz CT molecular complexity index is 1240. The zero-order valence-corrected chi connectivity index (χ0v) is 18.7. The molecule has 4 rings (SSSR count). The second-order valence-electron chi connectivity index (χ2n) is 9.03. The Morgan fingerprint density at radius 1 is 1.06 bits per heavy atom. The Labute approximate surface area is 185 Å². The lowest BCUT2D eigenvalue weighted by Crippen LogP contribution is -2.32. The van der Waals surface area contributed by atoms with Gasteiger partial charge in [0.1, 0.15) is 11.2 Å². The van der Waals surface area contributed by atoms with Crippen molar-refractivity contribution in [3.63, 3.8) is 0 Å². The monoisotopic (exact) mass is 439 g/mol. The SMILES string of the molecule is Cc1coc2c(C)c3oc(=O)c(CCC(=O)NCC4CCC(C(=O)O)CC4)c(C)c3cc12. The summed E-state index contributed by atoms with van der Waals surface area (Å²) in [4.78, 5) is 36.1. The molecule has 0 atom stereocenters. The van der Waals surface area contributed by atoms with Gasteiger partial charge in [-0.25, -0.2) is 4.79 Å². The standard InChI is InChI=1S/C25H29NO6/c1-13-12-31-22-15(3)23-20(10-19(13)22)14(2)18(25(30)32-23)8-9-21(27)26-11-16-4-6-17(7-5-16)24(28)29/h10,12,16-17H,4-9,11H2,1-3H3,(H,26,27)(H,28,29). The number of fused-ring (bicyclic) bond motifs is 2. The van der Waals surface area contributed by atoms with Gasteiger partial charge >= 0.3 is 11.6 Å². The van der Waals surface area contributed by atoms with Crippen LogP contribution in [0, 0.1) is 32.6 Å². The van der Waals surface area contributed by atoms with Crippen molar-refractivity contribution in [1.29, 1.82) is 0 Å². The Kier molecular flexibility index (Phi) is 6.09. The van der Waals surface area contributed by atoms with E-state index in [1.54, 1.807) is 6.26 Å². The van der Waals surface area contributed by atoms with Crippen molar-refractivity contribution >= 4 is 33.8 Å². The number of rotatable bonds is 6. The number of amides is 1. The summed E-state index contributed by atoms with van der Waals surface area (Å²) in [5, 5.41) is 13.9. The van der Waals surface area contributed by atoms with Crippen LogP contribution in [0.15, 0.2) is 26.0 Å². The van der Waals surface area contributed by atoms with E-state index in [-0.39, 0.29) is 18.2 Å². The summed E-state index contributed by atoms with van der Waals surface area (Å²) in [5.74, 6) is -0.782. The lowest BCUT2D eigenvalue weighted by molar-refractivity contribution is -0.143. The molecule has 0 aliphatic heterocycles. The molecule has 32 heavy (non-hydrogen) atoms. The largest absolute Gasteiger partial charge is 0.481 e. The summed E-state index contributed by atoms with van der Waals surface area (Å²) in [6.07, 6.45) is 5.16. The number of hydrogen-bond donors (Lipinski definition) is 2. The minimum absolute atomic E-state index is 0.110. The minimum atomic E-state index is -0.726. The van der Waals surface area contributed by atoms with E-state index in [0.29, 0.717) is 42.9 Å². The smallest absolute Gasteiger partial charge is 0.339 e. The van der Waals surface area contributed by atoms with Gasteiger partial charge in [0.05, 0.1) is 12.2 Å². The fourth-order valence-corrected chi connectivity index (χ4v) is 4.81. The number of nitrogens with one attached hydrogen (secondary N) is 1. The third kappa shape index (κ3) is 4.16. The normalized spacial score (nSPS) is 18.8. The van der Waals surface area contributed by atoms with Gasteiger partial charge in [0.15, 0.2) is 0 Å². The van der Waals surface area contributed by atoms with Crippen LogP contribution in [0.4, 0.5) is 0 Å². The van der Waals surface area contributed by atoms with Gasteiger partial charge in [-0.15, -0.1) is 0 Å². The molecule has 1 aromatic carbocycles. The predicted molar refractivity (Wildman–Crippen MR) is 121 cm³/mol. The van der Waals surface area contributed by atoms with E-state index in [9.17, 15) is 14.4 Å². The number of carboxylic acids is 1. The maximum Gasteiger partial charge on any atom is 0.339 e. The molecule has 0 saturated heterocycles. The van der Waals surface area contributed by atoms with Crippen molar-refractivity contribution in [2.75, 3.05) is 6.54 Å². The second-order valence-corrected chi connectivity index (χ2v) is 9.03. The number of hydrogen-bond acceptors (Lipinski definition) is 5. The lowest BCUT2D eigenvalue weighted by Gasteiger charge is -2.26. The highest BCUT2D eigenvalue weighted by atomic mass is 16.4. The van der Waals surface area contributed by atoms with Gasteiger partial charge in [-0.05, 0) is 76.0 Å². The molecule has 1 amide bonds. The van der Waals surface area contributed by atoms with Crippen LogP contribution in [0.1, 0.15) is 54.4 Å². The maximum absolute atomic E-state index is 12.7. The van der Waals surface area contributed by atoms with Crippen molar-refractivity contribution in [3.05, 3.63) is 45.0 Å². The molecule has 7 heteroatoms. The summed E-state index contributed by atoms with van der Waals surface area (Å²) in [7, 11) is 0. The van der Waals surface area contributed by atoms with E-state index in [4.69, 9.17) is 13.9 Å². The fourth-order valence-electron chi connectivity index (χ4n) is 4.81. The van der Waals surface area contributed by atoms with Gasteiger partial charge in [-0.2, -0.15) is 0 Å². The van der Waals surface area contributed by atoms with E-state index in [0.717, 1.165) is 45.9 Å². The summed E-state index contributed by atoms with van der Waals surface area (Å²) < 4.78 is 11.3. The number of carbonyl (C=O) groups is 2. The Balaban J connectivity index is 1.43. The molecule has 1 aliphatic rings. The molecule has 0 unspecified atom stereocenters. The van der Waals surface area contributed by atoms with Crippen molar-refractivity contribution < 1.29 is 23.5 Å². The number of carboxylic acid groups (broad SMARTS) is 1. The third-order valence-corrected chi connectivity index (χ3v) is 6.92. The Morgan fingerprint density at radius 2 is 1.78 bits per heavy atom. The average Bonchev–Trinajstić information content (AvgIpc) is 3.14. The molecule has 0 bridgehead atoms. The highest BCUT2D eigenvalue weighted by molar-refractivity contribution is 5.99. The van der Waals surface area contributed by atoms with Gasteiger partial charge < -0.3 is 19.3 Å². The van der Waals surface area contributed by atoms with Crippen LogP contribution < -0.4 is 10.9 Å². The first-order valence-corrected chi connectivity index (χ1v) is 11.2. The molecule has 2 N–H and O–H groups in total. The summed E-state index contributed by atoms with van der Waals surface area (Å²) in [6, 6.07) is 1.99. The van der Waals surface area contributed by atoms with Crippen LogP contribution in [0.2, 0.25) is 0 Å². The van der Waals surface area contributed by atoms with Crippen LogP contribution in [-0.4, -0.2) is 23.5 Å². The summed E-state index contributed by atoms with van der Waals surface area (Å²) >= 11 is 0. The van der Waals surface area contributed by atoms with Crippen molar-refractivity contribution in [3.8, 4) is 0 Å². The first-order chi connectivity index (χ1) is 15.3. The van der Waals surface area contributed by atoms with E-state index in [2.05, 4.69) is 5.32 Å². The molecule has 1 saturated carbocycles. The maximum atomic E-state index is 12.7. The molecule has 7 nitrogen and oxygen atoms in total. The molecular formula is C25H29NO6. The van der Waals surface area contributed by atoms with Crippen molar-refractivity contribution in [1.82, 2.24) is 5.32 Å². The van der Waals surface area contributed by atoms with Crippen LogP contribution in [0.3, 0.4) is 0 Å². The highest BCUT2D eigenvalue weighted by Gasteiger charge is 2.26. The van der Waals surface area contributed by atoms with Gasteiger partial charge in [-0.3, -0.25) is 9.59 Å². The molecule has 0 spiro atoms. The Morgan fingerprint density at radius 3 is 2.47 bits per heavy atom. The van der Waals surface area contributed by atoms with Gasteiger partial charge in [0.25, 0.3) is 0 Å². The van der Waals surface area contributed by atoms with Gasteiger partial charge in [0, 0.05) is 34.9 Å². The number of carbonyl (C=O) groups excluding carboxylic acids is 1. The molecule has 3 aromatic rings.